The number of hydrogen-bond donors (Lipinski definition) is 2. The first-order valence-corrected chi connectivity index (χ1v) is 10.8. The van der Waals surface area contributed by atoms with E-state index >= 15 is 0 Å². The first-order chi connectivity index (χ1) is 15.6. The van der Waals surface area contributed by atoms with Gasteiger partial charge in [-0.15, -0.1) is 0 Å². The summed E-state index contributed by atoms with van der Waals surface area (Å²) in [6, 6.07) is 2.61. The molecule has 8 nitrogen and oxygen atoms in total. The number of halogens is 3. The number of hydrogen-bond acceptors (Lipinski definition) is 6. The average Bonchev–Trinajstić information content (AvgIpc) is 2.78. The molecular weight excluding hydrogens is 437 g/mol. The summed E-state index contributed by atoms with van der Waals surface area (Å²) in [6.07, 6.45) is 1.08. The lowest BCUT2D eigenvalue weighted by Gasteiger charge is -2.34. The van der Waals surface area contributed by atoms with Crippen LogP contribution >= 0.6 is 0 Å². The minimum Gasteiger partial charge on any atom is -0.383 e. The van der Waals surface area contributed by atoms with Crippen LogP contribution in [0.15, 0.2) is 24.5 Å². The molecule has 33 heavy (non-hydrogen) atoms. The van der Waals surface area contributed by atoms with Crippen molar-refractivity contribution in [1.82, 2.24) is 25.2 Å². The second kappa shape index (κ2) is 10.1. The second-order valence-corrected chi connectivity index (χ2v) is 8.24. The van der Waals surface area contributed by atoms with Gasteiger partial charge in [-0.2, -0.15) is 13.2 Å². The number of pyridine rings is 1. The molecule has 0 aromatic carbocycles. The van der Waals surface area contributed by atoms with Crippen LogP contribution < -0.4 is 11.1 Å². The number of amides is 2. The number of nitrogens with one attached hydrogen (secondary N) is 1. The fourth-order valence-corrected chi connectivity index (χ4v) is 3.96. The van der Waals surface area contributed by atoms with E-state index in [9.17, 15) is 22.8 Å². The monoisotopic (exact) mass is 464 g/mol. The second-order valence-electron chi connectivity index (χ2n) is 8.24. The highest BCUT2D eigenvalue weighted by Crippen LogP contribution is 2.30. The van der Waals surface area contributed by atoms with E-state index in [1.807, 2.05) is 0 Å². The molecule has 0 bridgehead atoms. The van der Waals surface area contributed by atoms with Gasteiger partial charge >= 0.3 is 6.18 Å². The summed E-state index contributed by atoms with van der Waals surface area (Å²) in [6.45, 7) is 4.26. The van der Waals surface area contributed by atoms with Crippen molar-refractivity contribution >= 4 is 17.6 Å². The molecule has 3 rings (SSSR count). The highest BCUT2D eigenvalue weighted by molar-refractivity contribution is 5.97. The van der Waals surface area contributed by atoms with Crippen LogP contribution in [0.1, 0.15) is 53.6 Å². The lowest BCUT2D eigenvalue weighted by atomic mass is 9.90. The zero-order chi connectivity index (χ0) is 24.2. The van der Waals surface area contributed by atoms with Gasteiger partial charge < -0.3 is 16.0 Å². The molecule has 2 amide bonds. The number of anilines is 1. The third-order valence-electron chi connectivity index (χ3n) is 5.87. The molecular formula is C22H27F3N6O2. The Hall–Kier alpha value is -3.24. The molecule has 2 aromatic rings. The topological polar surface area (TPSA) is 114 Å². The van der Waals surface area contributed by atoms with Gasteiger partial charge in [-0.05, 0) is 57.6 Å². The Bertz CT molecular complexity index is 968. The largest absolute Gasteiger partial charge is 0.451 e. The molecule has 2 aromatic heterocycles. The number of likely N-dealkylation sites (tertiary alicyclic amines) is 1. The number of carbonyl (C=O) groups excluding carboxylic acids is 2. The minimum atomic E-state index is -4.63. The number of nitrogen functional groups attached to an aromatic ring is 1. The van der Waals surface area contributed by atoms with Crippen molar-refractivity contribution in [3.05, 3.63) is 47.2 Å². The molecule has 178 valence electrons. The summed E-state index contributed by atoms with van der Waals surface area (Å²) in [4.78, 5) is 37.6. The Labute approximate surface area is 189 Å². The number of piperidine rings is 1. The quantitative estimate of drug-likeness (QED) is 0.680. The predicted octanol–water partition coefficient (Wildman–Crippen LogP) is 2.77. The molecule has 3 N–H and O–H groups in total. The zero-order valence-electron chi connectivity index (χ0n) is 18.5. The highest BCUT2D eigenvalue weighted by atomic mass is 19.4. The van der Waals surface area contributed by atoms with Gasteiger partial charge in [0.25, 0.3) is 5.91 Å². The number of nitrogens with two attached hydrogens (primary N) is 1. The molecule has 0 aliphatic carbocycles. The Morgan fingerprint density at radius 1 is 1.27 bits per heavy atom. The van der Waals surface area contributed by atoms with Crippen LogP contribution in [0.2, 0.25) is 0 Å². The fourth-order valence-electron chi connectivity index (χ4n) is 3.96. The molecule has 1 saturated heterocycles. The Balaban J connectivity index is 1.49. The Morgan fingerprint density at radius 2 is 1.97 bits per heavy atom. The number of alkyl halides is 3. The molecule has 11 heteroatoms. The van der Waals surface area contributed by atoms with Gasteiger partial charge in [-0.25, -0.2) is 9.97 Å². The first-order valence-electron chi connectivity index (χ1n) is 10.8. The van der Waals surface area contributed by atoms with Crippen LogP contribution in [-0.2, 0) is 17.4 Å². The van der Waals surface area contributed by atoms with Crippen LogP contribution in [0.5, 0.6) is 0 Å². The summed E-state index contributed by atoms with van der Waals surface area (Å²) in [5.41, 5.74) is 6.93. The molecule has 1 aliphatic heterocycles. The fraction of sp³-hybridized carbons (Fsp3) is 0.500. The van der Waals surface area contributed by atoms with E-state index in [0.717, 1.165) is 19.3 Å². The summed E-state index contributed by atoms with van der Waals surface area (Å²) in [5, 5.41) is 2.70. The number of aromatic nitrogens is 3. The van der Waals surface area contributed by atoms with Crippen molar-refractivity contribution in [2.45, 2.75) is 51.7 Å². The van der Waals surface area contributed by atoms with Crippen LogP contribution in [0.25, 0.3) is 0 Å². The van der Waals surface area contributed by atoms with Crippen LogP contribution in [0.4, 0.5) is 19.0 Å². The van der Waals surface area contributed by atoms with Gasteiger partial charge in [0.1, 0.15) is 11.9 Å². The first kappa shape index (κ1) is 24.4. The molecule has 0 saturated carbocycles. The van der Waals surface area contributed by atoms with E-state index < -0.39 is 18.0 Å². The number of rotatable bonds is 6. The van der Waals surface area contributed by atoms with Gasteiger partial charge in [0, 0.05) is 36.7 Å². The lowest BCUT2D eigenvalue weighted by Crippen LogP contribution is -2.49. The van der Waals surface area contributed by atoms with E-state index in [4.69, 9.17) is 5.73 Å². The van der Waals surface area contributed by atoms with Crippen molar-refractivity contribution in [3.8, 4) is 0 Å². The van der Waals surface area contributed by atoms with Crippen LogP contribution in [-0.4, -0.2) is 50.8 Å². The van der Waals surface area contributed by atoms with Gasteiger partial charge in [-0.3, -0.25) is 14.6 Å². The van der Waals surface area contributed by atoms with Crippen molar-refractivity contribution in [2.75, 3.05) is 18.8 Å². The highest BCUT2D eigenvalue weighted by Gasteiger charge is 2.36. The Morgan fingerprint density at radius 3 is 2.55 bits per heavy atom. The summed E-state index contributed by atoms with van der Waals surface area (Å²) >= 11 is 0. The minimum absolute atomic E-state index is 0.138. The smallest absolute Gasteiger partial charge is 0.383 e. The number of nitrogens with zero attached hydrogens (tertiary/aromatic N) is 4. The zero-order valence-corrected chi connectivity index (χ0v) is 18.5. The molecule has 1 aliphatic rings. The normalized spacial score (nSPS) is 15.8. The van der Waals surface area contributed by atoms with Gasteiger partial charge in [0.2, 0.25) is 11.7 Å². The maximum absolute atomic E-state index is 12.8. The SMILES string of the molecule is Cc1nc(C(F)(F)F)nc(N)c1CCC1CCN(C(=O)[C@H](C)NC(=O)c2cccnc2)CC1. The van der Waals surface area contributed by atoms with Crippen LogP contribution in [0, 0.1) is 12.8 Å². The standard InChI is InChI=1S/C22H27F3N6O2/c1-13-17(18(26)30-21(29-13)22(23,24)25)6-5-15-7-10-31(11-8-15)20(33)14(2)28-19(32)16-4-3-9-27-12-16/h3-4,9,12,14-15H,5-8,10-11H2,1-2H3,(H,28,32)(H2,26,29,30)/t14-/m0/s1. The van der Waals surface area contributed by atoms with Crippen molar-refractivity contribution in [3.63, 3.8) is 0 Å². The summed E-state index contributed by atoms with van der Waals surface area (Å²) in [5.74, 6) is -1.57. The predicted molar refractivity (Wildman–Crippen MR) is 115 cm³/mol. The Kier molecular flexibility index (Phi) is 7.50. The molecule has 1 atom stereocenters. The van der Waals surface area contributed by atoms with Crippen LogP contribution in [0.3, 0.4) is 0 Å². The summed E-state index contributed by atoms with van der Waals surface area (Å²) in [7, 11) is 0. The lowest BCUT2D eigenvalue weighted by molar-refractivity contribution is -0.145. The molecule has 0 unspecified atom stereocenters. The van der Waals surface area contributed by atoms with E-state index in [-0.39, 0.29) is 23.3 Å². The number of carbonyl (C=O) groups is 2. The van der Waals surface area contributed by atoms with E-state index in [2.05, 4.69) is 20.3 Å². The maximum Gasteiger partial charge on any atom is 0.451 e. The van der Waals surface area contributed by atoms with E-state index in [1.54, 1.807) is 30.2 Å². The van der Waals surface area contributed by atoms with Gasteiger partial charge in [0.05, 0.1) is 5.56 Å². The molecule has 0 spiro atoms. The van der Waals surface area contributed by atoms with Gasteiger partial charge in [0.15, 0.2) is 0 Å². The third-order valence-corrected chi connectivity index (χ3v) is 5.87. The summed E-state index contributed by atoms with van der Waals surface area (Å²) < 4.78 is 38.5. The number of aryl methyl sites for hydroxylation is 1. The van der Waals surface area contributed by atoms with E-state index in [0.29, 0.717) is 36.6 Å². The third kappa shape index (κ3) is 6.17. The average molecular weight is 464 g/mol. The van der Waals surface area contributed by atoms with Crippen molar-refractivity contribution < 1.29 is 22.8 Å². The molecule has 1 fully saturated rings. The maximum atomic E-state index is 12.8. The molecule has 0 radical (unpaired) electrons. The van der Waals surface area contributed by atoms with E-state index in [1.165, 1.54) is 13.1 Å². The van der Waals surface area contributed by atoms with Gasteiger partial charge in [-0.1, -0.05) is 0 Å². The van der Waals surface area contributed by atoms with Crippen molar-refractivity contribution in [2.24, 2.45) is 5.92 Å². The molecule has 3 heterocycles. The van der Waals surface area contributed by atoms with Crippen molar-refractivity contribution in [1.29, 1.82) is 0 Å².